The highest BCUT2D eigenvalue weighted by molar-refractivity contribution is 5.94. The van der Waals surface area contributed by atoms with Crippen LogP contribution in [0.15, 0.2) is 117 Å². The standard InChI is InChI=1S/C58H90N2O7/c1-12-34-64-36-38-66-40-41-67-39-37-65-35-33-60-56(63)51(44-52(61)42-47(4)21-15-19-45(2)26-28-53-49(6)23-17-30-57(53,8)9)25-13-14-32-59-55(62)43-48(5)22-16-20-46(3)27-29-54-50(7)24-18-31-58(54,10)11/h15-16,19-22,26-29,42-43,51H,12-14,17-18,23-25,30-41,44H2,1-11H3,(H,59,62)(H,60,63)/b21-15+,22-16+,28-26+,29-27+,45-19+,46-20+,47-42+,48-43+/t51-/m0/s1. The number of hydrogen-bond donors (Lipinski definition) is 2. The normalized spacial score (nSPS) is 18.0. The number of hydrogen-bond acceptors (Lipinski definition) is 7. The largest absolute Gasteiger partial charge is 0.379 e. The maximum Gasteiger partial charge on any atom is 0.244 e. The summed E-state index contributed by atoms with van der Waals surface area (Å²) in [6.07, 6.45) is 34.2. The van der Waals surface area contributed by atoms with Crippen molar-refractivity contribution in [3.05, 3.63) is 117 Å². The molecule has 0 aromatic carbocycles. The number of carbonyl (C=O) groups is 3. The fourth-order valence-corrected chi connectivity index (χ4v) is 8.52. The Labute approximate surface area is 407 Å². The lowest BCUT2D eigenvalue weighted by Crippen LogP contribution is -2.34. The second kappa shape index (κ2) is 33.4. The molecule has 9 nitrogen and oxygen atoms in total. The van der Waals surface area contributed by atoms with Crippen molar-refractivity contribution < 1.29 is 33.3 Å². The number of ether oxygens (including phenoxy) is 4. The monoisotopic (exact) mass is 927 g/mol. The topological polar surface area (TPSA) is 112 Å². The van der Waals surface area contributed by atoms with Gasteiger partial charge in [-0.3, -0.25) is 14.4 Å². The van der Waals surface area contributed by atoms with Gasteiger partial charge in [-0.2, -0.15) is 0 Å². The molecule has 0 bridgehead atoms. The van der Waals surface area contributed by atoms with E-state index in [1.165, 1.54) is 54.4 Å². The molecule has 2 aliphatic rings. The van der Waals surface area contributed by atoms with Gasteiger partial charge in [-0.15, -0.1) is 0 Å². The van der Waals surface area contributed by atoms with Gasteiger partial charge in [0.25, 0.3) is 0 Å². The van der Waals surface area contributed by atoms with Gasteiger partial charge in [0, 0.05) is 38.1 Å². The molecule has 0 spiro atoms. The number of amides is 2. The van der Waals surface area contributed by atoms with Crippen molar-refractivity contribution in [1.82, 2.24) is 10.6 Å². The van der Waals surface area contributed by atoms with Crippen LogP contribution in [0.4, 0.5) is 0 Å². The van der Waals surface area contributed by atoms with E-state index in [4.69, 9.17) is 18.9 Å². The number of allylic oxidation sites excluding steroid dienone is 19. The second-order valence-electron chi connectivity index (χ2n) is 19.7. The van der Waals surface area contributed by atoms with Gasteiger partial charge in [0.15, 0.2) is 5.78 Å². The predicted molar refractivity (Wildman–Crippen MR) is 279 cm³/mol. The molecule has 0 radical (unpaired) electrons. The van der Waals surface area contributed by atoms with Crippen LogP contribution in [0.1, 0.15) is 147 Å². The molecule has 0 heterocycles. The van der Waals surface area contributed by atoms with Crippen LogP contribution in [0.25, 0.3) is 0 Å². The van der Waals surface area contributed by atoms with Crippen LogP contribution >= 0.6 is 0 Å². The zero-order valence-electron chi connectivity index (χ0n) is 43.7. The van der Waals surface area contributed by atoms with Crippen LogP contribution < -0.4 is 10.6 Å². The highest BCUT2D eigenvalue weighted by atomic mass is 16.6. The Morgan fingerprint density at radius 3 is 1.57 bits per heavy atom. The van der Waals surface area contributed by atoms with Crippen molar-refractivity contribution in [2.45, 2.75) is 147 Å². The molecule has 2 aliphatic carbocycles. The first-order valence-electron chi connectivity index (χ1n) is 25.2. The molecule has 0 saturated carbocycles. The third kappa shape index (κ3) is 26.3. The van der Waals surface area contributed by atoms with Gasteiger partial charge >= 0.3 is 0 Å². The van der Waals surface area contributed by atoms with Gasteiger partial charge in [0.05, 0.1) is 46.2 Å². The maximum atomic E-state index is 13.4. The molecular formula is C58H90N2O7. The molecule has 0 fully saturated rings. The zero-order valence-corrected chi connectivity index (χ0v) is 43.7. The van der Waals surface area contributed by atoms with E-state index in [1.807, 2.05) is 38.2 Å². The van der Waals surface area contributed by atoms with Crippen molar-refractivity contribution in [1.29, 1.82) is 0 Å². The smallest absolute Gasteiger partial charge is 0.244 e. The SMILES string of the molecule is CCCOCCOCCOCCOCCNC(=O)[C@@H](CCCCNC(=O)/C=C(C)/C=C/C=C(C)/C=C/C1=C(C)CCCC1(C)C)CC(=O)/C=C(C)/C=C/C=C(C)/C=C/C1=C(C)CCCC1(C)C. The fraction of sp³-hybridized carbons (Fsp3) is 0.603. The lowest BCUT2D eigenvalue weighted by molar-refractivity contribution is -0.128. The Morgan fingerprint density at radius 1 is 0.597 bits per heavy atom. The summed E-state index contributed by atoms with van der Waals surface area (Å²) < 4.78 is 22.1. The van der Waals surface area contributed by atoms with Crippen molar-refractivity contribution in [2.75, 3.05) is 65.9 Å². The Morgan fingerprint density at radius 2 is 1.07 bits per heavy atom. The van der Waals surface area contributed by atoms with Crippen LogP contribution in [0, 0.1) is 16.7 Å². The Balaban J connectivity index is 1.91. The van der Waals surface area contributed by atoms with E-state index in [0.29, 0.717) is 78.6 Å². The summed E-state index contributed by atoms with van der Waals surface area (Å²) in [7, 11) is 0. The molecule has 0 unspecified atom stereocenters. The van der Waals surface area contributed by atoms with Crippen molar-refractivity contribution in [2.24, 2.45) is 16.7 Å². The van der Waals surface area contributed by atoms with Crippen LogP contribution in [-0.4, -0.2) is 83.5 Å². The number of carbonyl (C=O) groups excluding carboxylic acids is 3. The Hall–Kier alpha value is -4.15. The average molecular weight is 927 g/mol. The summed E-state index contributed by atoms with van der Waals surface area (Å²) >= 11 is 0. The first-order valence-corrected chi connectivity index (χ1v) is 25.2. The van der Waals surface area contributed by atoms with E-state index in [2.05, 4.69) is 109 Å². The lowest BCUT2D eigenvalue weighted by Gasteiger charge is -2.33. The minimum atomic E-state index is -0.505. The summed E-state index contributed by atoms with van der Waals surface area (Å²) in [5.41, 5.74) is 10.2. The fourth-order valence-electron chi connectivity index (χ4n) is 8.52. The third-order valence-corrected chi connectivity index (χ3v) is 12.4. The number of rotatable bonds is 32. The quantitative estimate of drug-likeness (QED) is 0.0392. The van der Waals surface area contributed by atoms with E-state index in [0.717, 1.165) is 41.7 Å². The maximum absolute atomic E-state index is 13.4. The molecule has 2 N–H and O–H groups in total. The van der Waals surface area contributed by atoms with Crippen LogP contribution in [0.3, 0.4) is 0 Å². The molecule has 0 aliphatic heterocycles. The molecule has 0 saturated heterocycles. The lowest BCUT2D eigenvalue weighted by atomic mass is 9.72. The summed E-state index contributed by atoms with van der Waals surface area (Å²) in [5, 5.41) is 5.94. The van der Waals surface area contributed by atoms with E-state index in [-0.39, 0.29) is 34.8 Å². The molecule has 2 rings (SSSR count). The predicted octanol–water partition coefficient (Wildman–Crippen LogP) is 12.5. The van der Waals surface area contributed by atoms with Gasteiger partial charge in [0.1, 0.15) is 0 Å². The van der Waals surface area contributed by atoms with Crippen molar-refractivity contribution in [3.8, 4) is 0 Å². The van der Waals surface area contributed by atoms with E-state index in [1.54, 1.807) is 12.2 Å². The zero-order chi connectivity index (χ0) is 49.5. The molecule has 374 valence electrons. The molecule has 0 aromatic rings. The highest BCUT2D eigenvalue weighted by Gasteiger charge is 2.27. The van der Waals surface area contributed by atoms with Crippen molar-refractivity contribution >= 4 is 17.6 Å². The van der Waals surface area contributed by atoms with Gasteiger partial charge < -0.3 is 29.6 Å². The number of ketones is 1. The second-order valence-corrected chi connectivity index (χ2v) is 19.7. The summed E-state index contributed by atoms with van der Waals surface area (Å²) in [4.78, 5) is 39.5. The third-order valence-electron chi connectivity index (χ3n) is 12.4. The highest BCUT2D eigenvalue weighted by Crippen LogP contribution is 2.42. The molecule has 2 amide bonds. The van der Waals surface area contributed by atoms with E-state index < -0.39 is 5.92 Å². The van der Waals surface area contributed by atoms with E-state index >= 15 is 0 Å². The number of nitrogens with one attached hydrogen (secondary N) is 2. The van der Waals surface area contributed by atoms with Crippen LogP contribution in [0.2, 0.25) is 0 Å². The molecule has 1 atom stereocenters. The average Bonchev–Trinajstić information content (AvgIpc) is 3.25. The van der Waals surface area contributed by atoms with Crippen LogP contribution in [0.5, 0.6) is 0 Å². The minimum absolute atomic E-state index is 0.0974. The van der Waals surface area contributed by atoms with Gasteiger partial charge in [-0.25, -0.2) is 0 Å². The molecule has 9 heteroatoms. The van der Waals surface area contributed by atoms with E-state index in [9.17, 15) is 14.4 Å². The van der Waals surface area contributed by atoms with Crippen LogP contribution in [-0.2, 0) is 33.3 Å². The summed E-state index contributed by atoms with van der Waals surface area (Å²) in [6, 6.07) is 0. The number of unbranched alkanes of at least 4 members (excludes halogenated alkanes) is 1. The van der Waals surface area contributed by atoms with Gasteiger partial charge in [-0.1, -0.05) is 124 Å². The minimum Gasteiger partial charge on any atom is -0.379 e. The summed E-state index contributed by atoms with van der Waals surface area (Å²) in [5.74, 6) is -0.934. The van der Waals surface area contributed by atoms with Gasteiger partial charge in [0.2, 0.25) is 11.8 Å². The molecular weight excluding hydrogens is 837 g/mol. The molecule has 0 aromatic heterocycles. The Bertz CT molecular complexity index is 1860. The Kier molecular flexibility index (Phi) is 29.4. The first-order chi connectivity index (χ1) is 31.9. The first kappa shape index (κ1) is 59.0. The summed E-state index contributed by atoms with van der Waals surface area (Å²) in [6.45, 7) is 28.7. The van der Waals surface area contributed by atoms with Crippen molar-refractivity contribution in [3.63, 3.8) is 0 Å². The van der Waals surface area contributed by atoms with Gasteiger partial charge in [-0.05, 0) is 139 Å². The molecule has 67 heavy (non-hydrogen) atoms.